The van der Waals surface area contributed by atoms with Crippen molar-refractivity contribution in [1.29, 1.82) is 0 Å². The van der Waals surface area contributed by atoms with E-state index in [2.05, 4.69) is 254 Å². The number of fused-ring (bicyclic) bond motifs is 4. The third-order valence-electron chi connectivity index (χ3n) is 12.3. The molecule has 0 aliphatic heterocycles. The largest absolute Gasteiger partial charge is 0.311 e. The van der Waals surface area contributed by atoms with Crippen LogP contribution in [0.3, 0.4) is 0 Å². The fraction of sp³-hybridized carbons (Fsp3) is 0.0169. The van der Waals surface area contributed by atoms with Gasteiger partial charge in [-0.3, -0.25) is 0 Å². The van der Waals surface area contributed by atoms with Gasteiger partial charge in [-0.2, -0.15) is 0 Å². The maximum absolute atomic E-state index is 2.46. The molecule has 0 fully saturated rings. The van der Waals surface area contributed by atoms with E-state index in [0.29, 0.717) is 0 Å². The topological polar surface area (TPSA) is 3.24 Å². The maximum atomic E-state index is 2.46. The van der Waals surface area contributed by atoms with Crippen LogP contribution in [0.4, 0.5) is 17.1 Å². The third-order valence-corrected chi connectivity index (χ3v) is 12.3. The van der Waals surface area contributed by atoms with Crippen molar-refractivity contribution in [1.82, 2.24) is 0 Å². The fourth-order valence-electron chi connectivity index (χ4n) is 9.47. The summed E-state index contributed by atoms with van der Waals surface area (Å²) >= 11 is 0. The molecule has 0 spiro atoms. The molecule has 60 heavy (non-hydrogen) atoms. The van der Waals surface area contributed by atoms with Gasteiger partial charge in [0.2, 0.25) is 0 Å². The first-order valence-corrected chi connectivity index (χ1v) is 20.7. The Morgan fingerprint density at radius 1 is 0.250 bits per heavy atom. The Morgan fingerprint density at radius 2 is 0.600 bits per heavy atom. The van der Waals surface area contributed by atoms with Crippen LogP contribution in [0.25, 0.3) is 55.3 Å². The van der Waals surface area contributed by atoms with Gasteiger partial charge in [-0.1, -0.05) is 194 Å². The summed E-state index contributed by atoms with van der Waals surface area (Å²) in [5, 5.41) is 2.51. The molecule has 10 aromatic rings. The smallest absolute Gasteiger partial charge is 0.0714 e. The van der Waals surface area contributed by atoms with E-state index in [-0.39, 0.29) is 0 Å². The Morgan fingerprint density at radius 3 is 1.07 bits per heavy atom. The van der Waals surface area contributed by atoms with Crippen molar-refractivity contribution in [2.24, 2.45) is 0 Å². The number of hydrogen-bond acceptors (Lipinski definition) is 1. The van der Waals surface area contributed by atoms with Gasteiger partial charge >= 0.3 is 0 Å². The molecule has 0 heterocycles. The molecular weight excluding hydrogens is 723 g/mol. The molecule has 1 aliphatic rings. The summed E-state index contributed by atoms with van der Waals surface area (Å²) in [6.45, 7) is 0. The Hall–Kier alpha value is -7.74. The van der Waals surface area contributed by atoms with Crippen molar-refractivity contribution in [2.45, 2.75) is 5.41 Å². The number of benzene rings is 10. The Kier molecular flexibility index (Phi) is 8.79. The molecule has 0 aromatic heterocycles. The lowest BCUT2D eigenvalue weighted by molar-refractivity contribution is 0.770. The number of anilines is 3. The van der Waals surface area contributed by atoms with Gasteiger partial charge in [0.15, 0.2) is 0 Å². The van der Waals surface area contributed by atoms with Crippen molar-refractivity contribution >= 4 is 27.8 Å². The molecule has 0 unspecified atom stereocenters. The van der Waals surface area contributed by atoms with Crippen molar-refractivity contribution in [2.75, 3.05) is 4.90 Å². The average molecular weight is 764 g/mol. The van der Waals surface area contributed by atoms with Crippen LogP contribution in [0.15, 0.2) is 249 Å². The van der Waals surface area contributed by atoms with Crippen molar-refractivity contribution < 1.29 is 0 Å². The van der Waals surface area contributed by atoms with Crippen LogP contribution in [0, 0.1) is 0 Å². The summed E-state index contributed by atoms with van der Waals surface area (Å²) < 4.78 is 0. The molecule has 0 saturated carbocycles. The molecular formula is C59H41N. The quantitative estimate of drug-likeness (QED) is 0.149. The summed E-state index contributed by atoms with van der Waals surface area (Å²) in [7, 11) is 0. The van der Waals surface area contributed by atoms with Gasteiger partial charge in [0, 0.05) is 17.1 Å². The molecule has 0 amide bonds. The first kappa shape index (κ1) is 35.4. The van der Waals surface area contributed by atoms with Gasteiger partial charge in [0.25, 0.3) is 0 Å². The summed E-state index contributed by atoms with van der Waals surface area (Å²) in [4.78, 5) is 2.35. The highest BCUT2D eigenvalue weighted by atomic mass is 15.1. The summed E-state index contributed by atoms with van der Waals surface area (Å²) in [6.07, 6.45) is 0. The molecule has 1 heteroatoms. The van der Waals surface area contributed by atoms with Crippen molar-refractivity contribution in [3.05, 3.63) is 271 Å². The van der Waals surface area contributed by atoms with Crippen molar-refractivity contribution in [3.8, 4) is 44.5 Å². The zero-order chi connectivity index (χ0) is 39.9. The minimum Gasteiger partial charge on any atom is -0.311 e. The molecule has 282 valence electrons. The highest BCUT2D eigenvalue weighted by Crippen LogP contribution is 2.57. The lowest BCUT2D eigenvalue weighted by Gasteiger charge is -2.34. The maximum Gasteiger partial charge on any atom is 0.0714 e. The van der Waals surface area contributed by atoms with E-state index < -0.39 is 5.41 Å². The summed E-state index contributed by atoms with van der Waals surface area (Å²) in [5.41, 5.74) is 17.8. The highest BCUT2D eigenvalue weighted by molar-refractivity contribution is 5.97. The van der Waals surface area contributed by atoms with Gasteiger partial charge in [0.05, 0.1) is 5.41 Å². The molecule has 0 bridgehead atoms. The molecule has 0 N–H and O–H groups in total. The Labute approximate surface area is 352 Å². The molecule has 0 radical (unpaired) electrons. The average Bonchev–Trinajstić information content (AvgIpc) is 3.62. The predicted molar refractivity (Wildman–Crippen MR) is 252 cm³/mol. The normalized spacial score (nSPS) is 12.5. The van der Waals surface area contributed by atoms with Gasteiger partial charge in [-0.25, -0.2) is 0 Å². The zero-order valence-electron chi connectivity index (χ0n) is 33.1. The molecule has 11 rings (SSSR count). The molecule has 10 aromatic carbocycles. The van der Waals surface area contributed by atoms with Crippen LogP contribution >= 0.6 is 0 Å². The number of hydrogen-bond donors (Lipinski definition) is 0. The van der Waals surface area contributed by atoms with E-state index in [9.17, 15) is 0 Å². The van der Waals surface area contributed by atoms with Crippen LogP contribution in [-0.4, -0.2) is 0 Å². The second-order valence-electron chi connectivity index (χ2n) is 15.7. The van der Waals surface area contributed by atoms with Crippen LogP contribution in [0.2, 0.25) is 0 Å². The highest BCUT2D eigenvalue weighted by Gasteiger charge is 2.46. The molecule has 0 atom stereocenters. The molecule has 1 aliphatic carbocycles. The first-order chi connectivity index (χ1) is 29.7. The number of nitrogens with zero attached hydrogens (tertiary/aromatic N) is 1. The second kappa shape index (κ2) is 14.9. The standard InChI is InChI=1S/C59H41N/c1-5-15-42(16-6-1)44-25-32-52(33-26-44)60(53-34-27-45(28-35-53)43-17-7-2-8-18-43)54-36-29-46(30-37-54)49-31-38-55-56-39-47-19-13-14-20-48(47)40-58(56)59(57(55)41-49,50-21-9-3-10-22-50)51-23-11-4-12-24-51/h1-41H. The van der Waals surface area contributed by atoms with E-state index in [1.165, 1.54) is 77.5 Å². The van der Waals surface area contributed by atoms with E-state index in [1.54, 1.807) is 0 Å². The first-order valence-electron chi connectivity index (χ1n) is 20.7. The van der Waals surface area contributed by atoms with Crippen LogP contribution in [0.5, 0.6) is 0 Å². The fourth-order valence-corrected chi connectivity index (χ4v) is 9.47. The summed E-state index contributed by atoms with van der Waals surface area (Å²) in [5.74, 6) is 0. The lowest BCUT2D eigenvalue weighted by Crippen LogP contribution is -2.28. The van der Waals surface area contributed by atoms with E-state index in [0.717, 1.165) is 17.1 Å². The lowest BCUT2D eigenvalue weighted by atomic mass is 9.67. The third kappa shape index (κ3) is 6.03. The second-order valence-corrected chi connectivity index (χ2v) is 15.7. The van der Waals surface area contributed by atoms with Gasteiger partial charge in [0.1, 0.15) is 0 Å². The van der Waals surface area contributed by atoms with Gasteiger partial charge < -0.3 is 4.90 Å². The van der Waals surface area contributed by atoms with Crippen molar-refractivity contribution in [3.63, 3.8) is 0 Å². The Bertz CT molecular complexity index is 2960. The minimum atomic E-state index is -0.484. The monoisotopic (exact) mass is 763 g/mol. The SMILES string of the molecule is c1ccc(-c2ccc(N(c3ccc(-c4ccccc4)cc3)c3ccc(-c4ccc5c(c4)C(c4ccccc4)(c4ccccc4)c4cc6ccccc6cc4-5)cc3)cc2)cc1. The van der Waals surface area contributed by atoms with Crippen LogP contribution in [0.1, 0.15) is 22.3 Å². The Balaban J connectivity index is 1.03. The van der Waals surface area contributed by atoms with E-state index in [4.69, 9.17) is 0 Å². The molecule has 1 nitrogen and oxygen atoms in total. The minimum absolute atomic E-state index is 0.484. The van der Waals surface area contributed by atoms with Crippen LogP contribution < -0.4 is 4.90 Å². The van der Waals surface area contributed by atoms with E-state index >= 15 is 0 Å². The summed E-state index contributed by atoms with van der Waals surface area (Å²) in [6, 6.07) is 90.9. The zero-order valence-corrected chi connectivity index (χ0v) is 33.1. The number of rotatable bonds is 8. The van der Waals surface area contributed by atoms with Gasteiger partial charge in [-0.15, -0.1) is 0 Å². The predicted octanol–water partition coefficient (Wildman–Crippen LogP) is 15.7. The van der Waals surface area contributed by atoms with Crippen LogP contribution in [-0.2, 0) is 5.41 Å². The van der Waals surface area contributed by atoms with E-state index in [1.807, 2.05) is 0 Å². The molecule has 0 saturated heterocycles. The van der Waals surface area contributed by atoms with Gasteiger partial charge in [-0.05, 0) is 132 Å².